The molecule has 1 heteroatoms. The minimum Gasteiger partial charge on any atom is -0.376 e. The Labute approximate surface area is 93.2 Å². The zero-order valence-corrected chi connectivity index (χ0v) is 9.74. The van der Waals surface area contributed by atoms with Crippen LogP contribution in [0.25, 0.3) is 0 Å². The second-order valence-electron chi connectivity index (χ2n) is 4.79. The van der Waals surface area contributed by atoms with Crippen LogP contribution in [-0.4, -0.2) is 13.2 Å². The van der Waals surface area contributed by atoms with Gasteiger partial charge >= 0.3 is 0 Å². The van der Waals surface area contributed by atoms with Gasteiger partial charge in [0.1, 0.15) is 0 Å². The second kappa shape index (κ2) is 5.50. The maximum absolute atomic E-state index is 5.54. The average molecular weight is 206 g/mol. The van der Waals surface area contributed by atoms with Gasteiger partial charge in [0.15, 0.2) is 0 Å². The van der Waals surface area contributed by atoms with Gasteiger partial charge in [0.25, 0.3) is 0 Å². The predicted octanol–water partition coefficient (Wildman–Crippen LogP) is 3.72. The van der Waals surface area contributed by atoms with E-state index in [1.54, 1.807) is 0 Å². The smallest absolute Gasteiger partial charge is 0.0683 e. The molecule has 1 aliphatic carbocycles. The van der Waals surface area contributed by atoms with E-state index < -0.39 is 0 Å². The second-order valence-corrected chi connectivity index (χ2v) is 4.79. The Balaban J connectivity index is 1.97. The fourth-order valence-electron chi connectivity index (χ4n) is 2.70. The predicted molar refractivity (Wildman–Crippen MR) is 63.8 cm³/mol. The van der Waals surface area contributed by atoms with Crippen molar-refractivity contribution in [3.8, 4) is 0 Å². The molecule has 0 aromatic carbocycles. The Kier molecular flexibility index (Phi) is 4.01. The summed E-state index contributed by atoms with van der Waals surface area (Å²) in [5.74, 6) is 1.40. The monoisotopic (exact) mass is 206 g/mol. The first-order valence-electron chi connectivity index (χ1n) is 6.31. The zero-order chi connectivity index (χ0) is 10.5. The van der Waals surface area contributed by atoms with Crippen LogP contribution in [0, 0.1) is 11.8 Å². The van der Waals surface area contributed by atoms with E-state index in [0.29, 0.717) is 5.92 Å². The first-order valence-corrected chi connectivity index (χ1v) is 6.31. The van der Waals surface area contributed by atoms with Gasteiger partial charge in [0.2, 0.25) is 0 Å². The molecule has 1 saturated carbocycles. The van der Waals surface area contributed by atoms with Gasteiger partial charge in [-0.25, -0.2) is 0 Å². The zero-order valence-electron chi connectivity index (χ0n) is 9.74. The van der Waals surface area contributed by atoms with Crippen molar-refractivity contribution in [3.63, 3.8) is 0 Å². The largest absolute Gasteiger partial charge is 0.376 e. The fraction of sp³-hybridized carbons (Fsp3) is 0.714. The van der Waals surface area contributed by atoms with Crippen molar-refractivity contribution in [2.45, 2.75) is 39.0 Å². The third kappa shape index (κ3) is 2.94. The Morgan fingerprint density at radius 1 is 1.20 bits per heavy atom. The van der Waals surface area contributed by atoms with Crippen LogP contribution >= 0.6 is 0 Å². The SMILES string of the molecule is C/C=C/[C@@H]1COC/C1=C/C1CCCCC1. The quantitative estimate of drug-likeness (QED) is 0.626. The van der Waals surface area contributed by atoms with Crippen LogP contribution in [0.5, 0.6) is 0 Å². The maximum Gasteiger partial charge on any atom is 0.0683 e. The molecule has 0 aromatic rings. The summed E-state index contributed by atoms with van der Waals surface area (Å²) in [6, 6.07) is 0. The molecule has 0 N–H and O–H groups in total. The molecule has 0 radical (unpaired) electrons. The molecule has 0 amide bonds. The van der Waals surface area contributed by atoms with Crippen molar-refractivity contribution in [2.75, 3.05) is 13.2 Å². The molecule has 15 heavy (non-hydrogen) atoms. The first kappa shape index (κ1) is 10.9. The lowest BCUT2D eigenvalue weighted by molar-refractivity contribution is 0.195. The normalized spacial score (nSPS) is 31.8. The lowest BCUT2D eigenvalue weighted by Crippen LogP contribution is -2.06. The molecule has 2 aliphatic rings. The van der Waals surface area contributed by atoms with Crippen molar-refractivity contribution in [3.05, 3.63) is 23.8 Å². The number of allylic oxidation sites excluding steroid dienone is 2. The maximum atomic E-state index is 5.54. The highest BCUT2D eigenvalue weighted by atomic mass is 16.5. The molecule has 84 valence electrons. The summed E-state index contributed by atoms with van der Waals surface area (Å²) in [4.78, 5) is 0. The molecular weight excluding hydrogens is 184 g/mol. The van der Waals surface area contributed by atoms with Crippen molar-refractivity contribution in [1.29, 1.82) is 0 Å². The van der Waals surface area contributed by atoms with Crippen LogP contribution in [0.2, 0.25) is 0 Å². The highest BCUT2D eigenvalue weighted by Gasteiger charge is 2.21. The molecule has 0 aromatic heterocycles. The van der Waals surface area contributed by atoms with E-state index in [4.69, 9.17) is 4.74 Å². The lowest BCUT2D eigenvalue weighted by atomic mass is 9.86. The van der Waals surface area contributed by atoms with Gasteiger partial charge in [-0.05, 0) is 31.3 Å². The van der Waals surface area contributed by atoms with Gasteiger partial charge in [0, 0.05) is 5.92 Å². The van der Waals surface area contributed by atoms with E-state index in [1.165, 1.54) is 37.7 Å². The molecule has 1 atom stereocenters. The van der Waals surface area contributed by atoms with Gasteiger partial charge in [-0.1, -0.05) is 37.5 Å². The molecule has 2 fully saturated rings. The van der Waals surface area contributed by atoms with E-state index >= 15 is 0 Å². The van der Waals surface area contributed by atoms with Crippen molar-refractivity contribution in [1.82, 2.24) is 0 Å². The van der Waals surface area contributed by atoms with Gasteiger partial charge in [-0.3, -0.25) is 0 Å². The van der Waals surface area contributed by atoms with Gasteiger partial charge in [-0.15, -0.1) is 0 Å². The minimum atomic E-state index is 0.567. The number of rotatable bonds is 2. The molecule has 0 bridgehead atoms. The Morgan fingerprint density at radius 3 is 2.73 bits per heavy atom. The van der Waals surface area contributed by atoms with Gasteiger partial charge < -0.3 is 4.74 Å². The van der Waals surface area contributed by atoms with Crippen LogP contribution < -0.4 is 0 Å². The molecule has 1 heterocycles. The summed E-state index contributed by atoms with van der Waals surface area (Å²) in [5.41, 5.74) is 1.53. The number of ether oxygens (including phenoxy) is 1. The third-order valence-corrected chi connectivity index (χ3v) is 3.57. The van der Waals surface area contributed by atoms with E-state index in [2.05, 4.69) is 25.2 Å². The molecule has 0 spiro atoms. The van der Waals surface area contributed by atoms with Crippen molar-refractivity contribution in [2.24, 2.45) is 11.8 Å². The summed E-state index contributed by atoms with van der Waals surface area (Å²) >= 11 is 0. The standard InChI is InChI=1S/C14H22O/c1-2-6-13-10-15-11-14(13)9-12-7-4-3-5-8-12/h2,6,9,12-13H,3-5,7-8,10-11H2,1H3/b6-2+,14-9-/t13-/m1/s1. The summed E-state index contributed by atoms with van der Waals surface area (Å²) in [6.45, 7) is 3.85. The molecule has 1 nitrogen and oxygen atoms in total. The van der Waals surface area contributed by atoms with Crippen molar-refractivity contribution < 1.29 is 4.74 Å². The van der Waals surface area contributed by atoms with Crippen LogP contribution in [0.3, 0.4) is 0 Å². The van der Waals surface area contributed by atoms with Crippen molar-refractivity contribution >= 4 is 0 Å². The van der Waals surface area contributed by atoms with Gasteiger partial charge in [-0.2, -0.15) is 0 Å². The van der Waals surface area contributed by atoms with Crippen LogP contribution in [0.15, 0.2) is 23.8 Å². The van der Waals surface area contributed by atoms with E-state index in [0.717, 1.165) is 19.1 Å². The summed E-state index contributed by atoms with van der Waals surface area (Å²) in [7, 11) is 0. The van der Waals surface area contributed by atoms with Gasteiger partial charge in [0.05, 0.1) is 13.2 Å². The lowest BCUT2D eigenvalue weighted by Gasteiger charge is -2.19. The number of hydrogen-bond donors (Lipinski definition) is 0. The van der Waals surface area contributed by atoms with Crippen LogP contribution in [-0.2, 0) is 4.74 Å². The molecule has 0 unspecified atom stereocenters. The first-order chi connectivity index (χ1) is 7.40. The Bertz CT molecular complexity index is 246. The molecule has 2 rings (SSSR count). The highest BCUT2D eigenvalue weighted by Crippen LogP contribution is 2.29. The topological polar surface area (TPSA) is 9.23 Å². The Hall–Kier alpha value is -0.560. The summed E-state index contributed by atoms with van der Waals surface area (Å²) in [5, 5.41) is 0. The van der Waals surface area contributed by atoms with E-state index in [9.17, 15) is 0 Å². The van der Waals surface area contributed by atoms with Crippen LogP contribution in [0.4, 0.5) is 0 Å². The average Bonchev–Trinajstić information content (AvgIpc) is 2.68. The fourth-order valence-corrected chi connectivity index (χ4v) is 2.70. The number of hydrogen-bond acceptors (Lipinski definition) is 1. The minimum absolute atomic E-state index is 0.567. The van der Waals surface area contributed by atoms with E-state index in [-0.39, 0.29) is 0 Å². The third-order valence-electron chi connectivity index (χ3n) is 3.57. The highest BCUT2D eigenvalue weighted by molar-refractivity contribution is 5.18. The summed E-state index contributed by atoms with van der Waals surface area (Å²) < 4.78 is 5.54. The molecular formula is C14H22O. The molecule has 1 aliphatic heterocycles. The summed E-state index contributed by atoms with van der Waals surface area (Å²) in [6.07, 6.45) is 14.0. The van der Waals surface area contributed by atoms with Crippen LogP contribution in [0.1, 0.15) is 39.0 Å². The Morgan fingerprint density at radius 2 is 2.00 bits per heavy atom. The van der Waals surface area contributed by atoms with E-state index in [1.807, 2.05) is 0 Å². The molecule has 1 saturated heterocycles.